The van der Waals surface area contributed by atoms with E-state index in [0.29, 0.717) is 43.9 Å². The monoisotopic (exact) mass is 512 g/mol. The van der Waals surface area contributed by atoms with E-state index < -0.39 is 4.92 Å². The summed E-state index contributed by atoms with van der Waals surface area (Å²) in [4.78, 5) is 26.0. The number of rotatable bonds is 7. The second-order valence-corrected chi connectivity index (χ2v) is 8.05. The first-order valence-electron chi connectivity index (χ1n) is 10.1. The highest BCUT2D eigenvalue weighted by molar-refractivity contribution is 9.10. The number of ether oxygens (including phenoxy) is 1. The van der Waals surface area contributed by atoms with Crippen LogP contribution in [0.2, 0.25) is 0 Å². The van der Waals surface area contributed by atoms with Crippen molar-refractivity contribution in [2.45, 2.75) is 6.92 Å². The minimum Gasteiger partial charge on any atom is -0.378 e. The fourth-order valence-corrected chi connectivity index (χ4v) is 3.49. The number of anilines is 4. The van der Waals surface area contributed by atoms with Crippen LogP contribution in [0.15, 0.2) is 58.1 Å². The number of hydrogen-bond donors (Lipinski definition) is 2. The molecule has 0 bridgehead atoms. The van der Waals surface area contributed by atoms with Crippen molar-refractivity contribution in [3.8, 4) is 0 Å². The van der Waals surface area contributed by atoms with E-state index in [1.165, 1.54) is 12.1 Å². The van der Waals surface area contributed by atoms with Crippen LogP contribution in [0.5, 0.6) is 0 Å². The second kappa shape index (κ2) is 10.3. The van der Waals surface area contributed by atoms with Crippen molar-refractivity contribution < 1.29 is 9.66 Å². The first-order chi connectivity index (χ1) is 16.0. The Hall–Kier alpha value is -3.64. The summed E-state index contributed by atoms with van der Waals surface area (Å²) in [7, 11) is 0. The summed E-state index contributed by atoms with van der Waals surface area (Å²) in [6.07, 6.45) is 0. The minimum absolute atomic E-state index is 0.0235. The van der Waals surface area contributed by atoms with Gasteiger partial charge in [0.2, 0.25) is 17.8 Å². The predicted octanol–water partition coefficient (Wildman–Crippen LogP) is 3.96. The van der Waals surface area contributed by atoms with Gasteiger partial charge in [0.25, 0.3) is 5.69 Å². The Labute approximate surface area is 198 Å². The Bertz CT molecular complexity index is 1170. The van der Waals surface area contributed by atoms with Crippen molar-refractivity contribution in [2.24, 2.45) is 5.10 Å². The second-order valence-electron chi connectivity index (χ2n) is 7.13. The SMILES string of the molecule is C/C(=N\Nc1nc(Nc2cccc(Br)c2)nc(N2CCOCC2)n1)c1ccc([N+](=O)[O-])cc1. The largest absolute Gasteiger partial charge is 0.378 e. The summed E-state index contributed by atoms with van der Waals surface area (Å²) >= 11 is 3.46. The van der Waals surface area contributed by atoms with Crippen LogP contribution in [0.1, 0.15) is 12.5 Å². The lowest BCUT2D eigenvalue weighted by Gasteiger charge is -2.27. The fourth-order valence-electron chi connectivity index (χ4n) is 3.09. The van der Waals surface area contributed by atoms with E-state index in [1.54, 1.807) is 19.1 Å². The molecule has 1 fully saturated rings. The zero-order valence-electron chi connectivity index (χ0n) is 17.7. The lowest BCUT2D eigenvalue weighted by Crippen LogP contribution is -2.37. The van der Waals surface area contributed by atoms with Crippen LogP contribution in [0, 0.1) is 10.1 Å². The smallest absolute Gasteiger partial charge is 0.269 e. The molecule has 1 aromatic heterocycles. The molecule has 12 heteroatoms. The van der Waals surface area contributed by atoms with E-state index in [9.17, 15) is 10.1 Å². The zero-order valence-corrected chi connectivity index (χ0v) is 19.3. The van der Waals surface area contributed by atoms with Crippen LogP contribution in [-0.4, -0.2) is 51.9 Å². The lowest BCUT2D eigenvalue weighted by atomic mass is 10.1. The summed E-state index contributed by atoms with van der Waals surface area (Å²) in [5, 5.41) is 18.4. The molecule has 2 N–H and O–H groups in total. The number of nitro groups is 1. The molecule has 3 aromatic rings. The quantitative estimate of drug-likeness (QED) is 0.274. The van der Waals surface area contributed by atoms with Crippen LogP contribution in [0.3, 0.4) is 0 Å². The maximum absolute atomic E-state index is 10.9. The number of nitrogens with zero attached hydrogens (tertiary/aromatic N) is 6. The molecule has 0 aliphatic carbocycles. The van der Waals surface area contributed by atoms with Crippen molar-refractivity contribution in [2.75, 3.05) is 41.9 Å². The standard InChI is InChI=1S/C21H21BrN8O3/c1-14(15-5-7-18(8-6-15)30(31)32)27-28-20-24-19(23-17-4-2-3-16(22)13-17)25-21(26-20)29-9-11-33-12-10-29/h2-8,13H,9-12H2,1H3,(H2,23,24,25,26,28)/b27-14+. The van der Waals surface area contributed by atoms with Crippen LogP contribution >= 0.6 is 15.9 Å². The van der Waals surface area contributed by atoms with Gasteiger partial charge in [0.05, 0.1) is 23.8 Å². The number of nitrogens with one attached hydrogen (secondary N) is 2. The van der Waals surface area contributed by atoms with E-state index >= 15 is 0 Å². The molecule has 4 rings (SSSR count). The lowest BCUT2D eigenvalue weighted by molar-refractivity contribution is -0.384. The molecule has 0 saturated carbocycles. The highest BCUT2D eigenvalue weighted by atomic mass is 79.9. The zero-order chi connectivity index (χ0) is 23.2. The summed E-state index contributed by atoms with van der Waals surface area (Å²) in [5.74, 6) is 1.15. The molecule has 11 nitrogen and oxygen atoms in total. The summed E-state index contributed by atoms with van der Waals surface area (Å²) < 4.78 is 6.36. The molecule has 2 aromatic carbocycles. The van der Waals surface area contributed by atoms with Gasteiger partial charge in [-0.1, -0.05) is 22.0 Å². The van der Waals surface area contributed by atoms with E-state index in [0.717, 1.165) is 15.7 Å². The van der Waals surface area contributed by atoms with Gasteiger partial charge in [0.15, 0.2) is 0 Å². The Kier molecular flexibility index (Phi) is 7.05. The highest BCUT2D eigenvalue weighted by Gasteiger charge is 2.17. The number of nitro benzene ring substituents is 1. The number of benzene rings is 2. The van der Waals surface area contributed by atoms with E-state index in [4.69, 9.17) is 4.74 Å². The van der Waals surface area contributed by atoms with Gasteiger partial charge in [-0.2, -0.15) is 20.1 Å². The minimum atomic E-state index is -0.438. The van der Waals surface area contributed by atoms with Gasteiger partial charge in [-0.05, 0) is 42.8 Å². The Morgan fingerprint density at radius 3 is 2.55 bits per heavy atom. The predicted molar refractivity (Wildman–Crippen MR) is 129 cm³/mol. The number of hydrogen-bond acceptors (Lipinski definition) is 10. The van der Waals surface area contributed by atoms with Gasteiger partial charge >= 0.3 is 0 Å². The third kappa shape index (κ3) is 5.99. The van der Waals surface area contributed by atoms with Gasteiger partial charge in [-0.15, -0.1) is 0 Å². The Morgan fingerprint density at radius 1 is 1.12 bits per heavy atom. The Balaban J connectivity index is 1.58. The molecule has 1 aliphatic heterocycles. The van der Waals surface area contributed by atoms with E-state index in [1.807, 2.05) is 29.2 Å². The fraction of sp³-hybridized carbons (Fsp3) is 0.238. The molecule has 0 atom stereocenters. The molecule has 0 radical (unpaired) electrons. The summed E-state index contributed by atoms with van der Waals surface area (Å²) in [6, 6.07) is 13.8. The molecule has 33 heavy (non-hydrogen) atoms. The van der Waals surface area contributed by atoms with Crippen LogP contribution in [0.25, 0.3) is 0 Å². The van der Waals surface area contributed by atoms with Gasteiger partial charge in [0, 0.05) is 35.4 Å². The third-order valence-corrected chi connectivity index (χ3v) is 5.31. The molecule has 0 amide bonds. The summed E-state index contributed by atoms with van der Waals surface area (Å²) in [5.41, 5.74) is 5.09. The average molecular weight is 513 g/mol. The van der Waals surface area contributed by atoms with E-state index in [2.05, 4.69) is 46.7 Å². The van der Waals surface area contributed by atoms with E-state index in [-0.39, 0.29) is 11.6 Å². The number of aromatic nitrogens is 3. The van der Waals surface area contributed by atoms with Crippen molar-refractivity contribution in [3.63, 3.8) is 0 Å². The third-order valence-electron chi connectivity index (χ3n) is 4.82. The van der Waals surface area contributed by atoms with Crippen molar-refractivity contribution in [3.05, 3.63) is 68.7 Å². The van der Waals surface area contributed by atoms with Crippen LogP contribution in [-0.2, 0) is 4.74 Å². The Morgan fingerprint density at radius 2 is 1.85 bits per heavy atom. The molecule has 0 unspecified atom stereocenters. The van der Waals surface area contributed by atoms with Crippen molar-refractivity contribution in [1.82, 2.24) is 15.0 Å². The topological polar surface area (TPSA) is 131 Å². The first kappa shape index (κ1) is 22.6. The maximum Gasteiger partial charge on any atom is 0.269 e. The molecular formula is C21H21BrN8O3. The van der Waals surface area contributed by atoms with Crippen molar-refractivity contribution >= 4 is 50.9 Å². The van der Waals surface area contributed by atoms with Gasteiger partial charge < -0.3 is 15.0 Å². The van der Waals surface area contributed by atoms with Crippen LogP contribution in [0.4, 0.5) is 29.2 Å². The van der Waals surface area contributed by atoms with Crippen LogP contribution < -0.4 is 15.6 Å². The number of morpholine rings is 1. The van der Waals surface area contributed by atoms with Crippen molar-refractivity contribution in [1.29, 1.82) is 0 Å². The normalized spacial score (nSPS) is 14.1. The number of halogens is 1. The number of non-ortho nitro benzene ring substituents is 1. The van der Waals surface area contributed by atoms with Gasteiger partial charge in [-0.3, -0.25) is 10.1 Å². The summed E-state index contributed by atoms with van der Waals surface area (Å²) in [6.45, 7) is 4.33. The maximum atomic E-state index is 10.9. The van der Waals surface area contributed by atoms with Gasteiger partial charge in [-0.25, -0.2) is 5.43 Å². The molecule has 1 saturated heterocycles. The highest BCUT2D eigenvalue weighted by Crippen LogP contribution is 2.21. The first-order valence-corrected chi connectivity index (χ1v) is 10.9. The molecule has 170 valence electrons. The molecule has 0 spiro atoms. The molecule has 2 heterocycles. The molecule has 1 aliphatic rings. The van der Waals surface area contributed by atoms with Gasteiger partial charge in [0.1, 0.15) is 0 Å². The number of hydrazone groups is 1. The average Bonchev–Trinajstić information content (AvgIpc) is 2.83. The molecular weight excluding hydrogens is 492 g/mol.